The SMILES string of the molecule is COC(=O)c1cc(CNc2ccccc2C(=O)O)ccc1F. The number of carbonyl (C=O) groups is 2. The molecule has 0 heterocycles. The Morgan fingerprint density at radius 3 is 2.59 bits per heavy atom. The maximum absolute atomic E-state index is 13.5. The van der Waals surface area contributed by atoms with Gasteiger partial charge in [0.05, 0.1) is 18.2 Å². The smallest absolute Gasteiger partial charge is 0.340 e. The standard InChI is InChI=1S/C16H14FNO4/c1-22-16(21)12-8-10(6-7-13(12)17)9-18-14-5-3-2-4-11(14)15(19)20/h2-8,18H,9H2,1H3,(H,19,20). The van der Waals surface area contributed by atoms with Gasteiger partial charge in [-0.15, -0.1) is 0 Å². The molecule has 2 rings (SSSR count). The van der Waals surface area contributed by atoms with Crippen LogP contribution in [0.5, 0.6) is 0 Å². The molecule has 0 radical (unpaired) electrons. The van der Waals surface area contributed by atoms with Gasteiger partial charge >= 0.3 is 11.9 Å². The summed E-state index contributed by atoms with van der Waals surface area (Å²) in [4.78, 5) is 22.6. The highest BCUT2D eigenvalue weighted by Crippen LogP contribution is 2.17. The first-order valence-electron chi connectivity index (χ1n) is 6.46. The topological polar surface area (TPSA) is 75.6 Å². The Bertz CT molecular complexity index is 715. The third kappa shape index (κ3) is 3.41. The summed E-state index contributed by atoms with van der Waals surface area (Å²) in [5.41, 5.74) is 1.05. The van der Waals surface area contributed by atoms with E-state index in [-0.39, 0.29) is 17.7 Å². The predicted octanol–water partition coefficient (Wildman–Crippen LogP) is 2.92. The molecule has 0 fully saturated rings. The molecular weight excluding hydrogens is 289 g/mol. The van der Waals surface area contributed by atoms with E-state index < -0.39 is 17.8 Å². The van der Waals surface area contributed by atoms with Gasteiger partial charge in [-0.05, 0) is 29.8 Å². The predicted molar refractivity (Wildman–Crippen MR) is 78.5 cm³/mol. The third-order valence-electron chi connectivity index (χ3n) is 3.08. The number of benzene rings is 2. The first-order chi connectivity index (χ1) is 10.5. The lowest BCUT2D eigenvalue weighted by Gasteiger charge is -2.10. The molecule has 2 aromatic carbocycles. The van der Waals surface area contributed by atoms with Gasteiger partial charge in [-0.25, -0.2) is 14.0 Å². The molecule has 6 heteroatoms. The van der Waals surface area contributed by atoms with Crippen LogP contribution in [0.2, 0.25) is 0 Å². The van der Waals surface area contributed by atoms with Crippen molar-refractivity contribution in [3.05, 3.63) is 65.0 Å². The van der Waals surface area contributed by atoms with Gasteiger partial charge in [0, 0.05) is 12.2 Å². The molecule has 0 spiro atoms. The lowest BCUT2D eigenvalue weighted by Crippen LogP contribution is -2.09. The molecule has 0 aliphatic heterocycles. The van der Waals surface area contributed by atoms with E-state index in [4.69, 9.17) is 5.11 Å². The van der Waals surface area contributed by atoms with Crippen molar-refractivity contribution >= 4 is 17.6 Å². The van der Waals surface area contributed by atoms with E-state index in [0.717, 1.165) is 0 Å². The van der Waals surface area contributed by atoms with Crippen LogP contribution < -0.4 is 5.32 Å². The van der Waals surface area contributed by atoms with E-state index in [1.807, 2.05) is 0 Å². The Morgan fingerprint density at radius 2 is 1.91 bits per heavy atom. The molecule has 0 atom stereocenters. The lowest BCUT2D eigenvalue weighted by atomic mass is 10.1. The number of halogens is 1. The number of methoxy groups -OCH3 is 1. The fourth-order valence-corrected chi connectivity index (χ4v) is 1.97. The minimum absolute atomic E-state index is 0.137. The molecule has 0 bridgehead atoms. The molecular formula is C16H14FNO4. The first-order valence-corrected chi connectivity index (χ1v) is 6.46. The Hall–Kier alpha value is -2.89. The maximum Gasteiger partial charge on any atom is 0.340 e. The van der Waals surface area contributed by atoms with E-state index in [1.165, 1.54) is 31.4 Å². The second kappa shape index (κ2) is 6.71. The molecule has 2 aromatic rings. The third-order valence-corrected chi connectivity index (χ3v) is 3.08. The van der Waals surface area contributed by atoms with Crippen LogP contribution in [-0.2, 0) is 11.3 Å². The highest BCUT2D eigenvalue weighted by Gasteiger charge is 2.13. The van der Waals surface area contributed by atoms with E-state index in [9.17, 15) is 14.0 Å². The van der Waals surface area contributed by atoms with Gasteiger partial charge in [0.15, 0.2) is 0 Å². The second-order valence-electron chi connectivity index (χ2n) is 4.51. The summed E-state index contributed by atoms with van der Waals surface area (Å²) in [6.07, 6.45) is 0. The van der Waals surface area contributed by atoms with Crippen LogP contribution in [0.3, 0.4) is 0 Å². The summed E-state index contributed by atoms with van der Waals surface area (Å²) in [7, 11) is 1.18. The van der Waals surface area contributed by atoms with Crippen molar-refractivity contribution < 1.29 is 23.8 Å². The van der Waals surface area contributed by atoms with Crippen molar-refractivity contribution in [2.45, 2.75) is 6.54 Å². The number of esters is 1. The fourth-order valence-electron chi connectivity index (χ4n) is 1.97. The number of ether oxygens (including phenoxy) is 1. The van der Waals surface area contributed by atoms with Gasteiger partial charge in [0.2, 0.25) is 0 Å². The van der Waals surface area contributed by atoms with Crippen LogP contribution in [0.15, 0.2) is 42.5 Å². The molecule has 0 aliphatic rings. The summed E-state index contributed by atoms with van der Waals surface area (Å²) in [5.74, 6) is -2.47. The van der Waals surface area contributed by atoms with Gasteiger partial charge in [0.1, 0.15) is 5.82 Å². The number of carboxylic acids is 1. The van der Waals surface area contributed by atoms with E-state index in [0.29, 0.717) is 11.3 Å². The number of hydrogen-bond acceptors (Lipinski definition) is 4. The van der Waals surface area contributed by atoms with Crippen LogP contribution in [0, 0.1) is 5.82 Å². The number of carbonyl (C=O) groups excluding carboxylic acids is 1. The summed E-state index contributed by atoms with van der Waals surface area (Å²) in [5, 5.41) is 12.1. The average Bonchev–Trinajstić information content (AvgIpc) is 2.53. The number of carboxylic acid groups (broad SMARTS) is 1. The zero-order valence-electron chi connectivity index (χ0n) is 11.8. The lowest BCUT2D eigenvalue weighted by molar-refractivity contribution is 0.0594. The largest absolute Gasteiger partial charge is 0.478 e. The Kier molecular flexibility index (Phi) is 4.73. The monoisotopic (exact) mass is 303 g/mol. The van der Waals surface area contributed by atoms with Crippen LogP contribution in [0.4, 0.5) is 10.1 Å². The second-order valence-corrected chi connectivity index (χ2v) is 4.51. The van der Waals surface area contributed by atoms with Crippen molar-refractivity contribution in [3.63, 3.8) is 0 Å². The molecule has 0 amide bonds. The summed E-state index contributed by atoms with van der Waals surface area (Å²) < 4.78 is 18.0. The minimum Gasteiger partial charge on any atom is -0.478 e. The summed E-state index contributed by atoms with van der Waals surface area (Å²) in [6, 6.07) is 10.5. The van der Waals surface area contributed by atoms with Crippen molar-refractivity contribution in [3.8, 4) is 0 Å². The van der Waals surface area contributed by atoms with Gasteiger partial charge in [0.25, 0.3) is 0 Å². The fraction of sp³-hybridized carbons (Fsp3) is 0.125. The molecule has 0 unspecified atom stereocenters. The quantitative estimate of drug-likeness (QED) is 0.831. The molecule has 5 nitrogen and oxygen atoms in total. The molecule has 114 valence electrons. The van der Waals surface area contributed by atoms with Crippen molar-refractivity contribution in [1.29, 1.82) is 0 Å². The first kappa shape index (κ1) is 15.5. The highest BCUT2D eigenvalue weighted by atomic mass is 19.1. The van der Waals surface area contributed by atoms with Crippen LogP contribution in [-0.4, -0.2) is 24.2 Å². The Labute approximate surface area is 126 Å². The van der Waals surface area contributed by atoms with Crippen molar-refractivity contribution in [2.75, 3.05) is 12.4 Å². The van der Waals surface area contributed by atoms with Crippen molar-refractivity contribution in [2.24, 2.45) is 0 Å². The van der Waals surface area contributed by atoms with E-state index >= 15 is 0 Å². The zero-order valence-corrected chi connectivity index (χ0v) is 11.8. The number of aromatic carboxylic acids is 1. The summed E-state index contributed by atoms with van der Waals surface area (Å²) >= 11 is 0. The average molecular weight is 303 g/mol. The maximum atomic E-state index is 13.5. The molecule has 0 saturated heterocycles. The van der Waals surface area contributed by atoms with Crippen LogP contribution in [0.1, 0.15) is 26.3 Å². The van der Waals surface area contributed by atoms with Gasteiger partial charge < -0.3 is 15.2 Å². The van der Waals surface area contributed by atoms with E-state index in [1.54, 1.807) is 18.2 Å². The van der Waals surface area contributed by atoms with Crippen molar-refractivity contribution in [1.82, 2.24) is 0 Å². The van der Waals surface area contributed by atoms with Gasteiger partial charge in [-0.2, -0.15) is 0 Å². The summed E-state index contributed by atoms with van der Waals surface area (Å²) in [6.45, 7) is 0.245. The van der Waals surface area contributed by atoms with Gasteiger partial charge in [-0.1, -0.05) is 18.2 Å². The number of rotatable bonds is 5. The van der Waals surface area contributed by atoms with Gasteiger partial charge in [-0.3, -0.25) is 0 Å². The number of para-hydroxylation sites is 1. The van der Waals surface area contributed by atoms with Crippen LogP contribution >= 0.6 is 0 Å². The van der Waals surface area contributed by atoms with E-state index in [2.05, 4.69) is 10.1 Å². The normalized spacial score (nSPS) is 10.1. The molecule has 0 aromatic heterocycles. The minimum atomic E-state index is -1.04. The number of anilines is 1. The highest BCUT2D eigenvalue weighted by molar-refractivity contribution is 5.94. The zero-order chi connectivity index (χ0) is 16.1. The Balaban J connectivity index is 2.19. The Morgan fingerprint density at radius 1 is 1.18 bits per heavy atom. The number of nitrogens with one attached hydrogen (secondary N) is 1. The molecule has 0 aliphatic carbocycles. The molecule has 2 N–H and O–H groups in total. The molecule has 22 heavy (non-hydrogen) atoms. The van der Waals surface area contributed by atoms with Crippen LogP contribution in [0.25, 0.3) is 0 Å². The molecule has 0 saturated carbocycles. The number of hydrogen-bond donors (Lipinski definition) is 2.